The van der Waals surface area contributed by atoms with Gasteiger partial charge in [0.2, 0.25) is 10.0 Å². The van der Waals surface area contributed by atoms with E-state index >= 15 is 0 Å². The van der Waals surface area contributed by atoms with Gasteiger partial charge in [0.15, 0.2) is 0 Å². The second-order valence-electron chi connectivity index (χ2n) is 4.23. The first-order valence-corrected chi connectivity index (χ1v) is 6.92. The van der Waals surface area contributed by atoms with E-state index in [1.165, 1.54) is 0 Å². The molecule has 2 unspecified atom stereocenters. The molecule has 3 nitrogen and oxygen atoms in total. The molecule has 0 N–H and O–H groups in total. The molecule has 1 rings (SSSR count). The van der Waals surface area contributed by atoms with E-state index in [2.05, 4.69) is 0 Å². The molecule has 0 bridgehead atoms. The Hall–Kier alpha value is 0.200. The van der Waals surface area contributed by atoms with Gasteiger partial charge in [-0.25, -0.2) is 12.7 Å². The third kappa shape index (κ3) is 2.41. The number of alkyl halides is 1. The van der Waals surface area contributed by atoms with Crippen LogP contribution < -0.4 is 0 Å². The van der Waals surface area contributed by atoms with Gasteiger partial charge in [-0.05, 0) is 26.2 Å². The number of sulfonamides is 1. The molecule has 5 heteroatoms. The van der Waals surface area contributed by atoms with Crippen molar-refractivity contribution in [2.24, 2.45) is 5.92 Å². The predicted molar refractivity (Wildman–Crippen MR) is 59.1 cm³/mol. The molecule has 14 heavy (non-hydrogen) atoms. The maximum Gasteiger partial charge on any atom is 0.216 e. The van der Waals surface area contributed by atoms with Crippen LogP contribution in [-0.2, 0) is 10.0 Å². The van der Waals surface area contributed by atoms with E-state index in [9.17, 15) is 8.42 Å². The first-order chi connectivity index (χ1) is 6.35. The zero-order chi connectivity index (χ0) is 10.9. The van der Waals surface area contributed by atoms with Crippen molar-refractivity contribution < 1.29 is 8.42 Å². The molecule has 0 radical (unpaired) electrons. The van der Waals surface area contributed by atoms with E-state index in [0.717, 1.165) is 6.42 Å². The third-order valence-corrected chi connectivity index (χ3v) is 5.61. The van der Waals surface area contributed by atoms with Gasteiger partial charge in [-0.3, -0.25) is 0 Å². The summed E-state index contributed by atoms with van der Waals surface area (Å²) in [5.74, 6) is 0.249. The van der Waals surface area contributed by atoms with Gasteiger partial charge in [-0.1, -0.05) is 6.92 Å². The summed E-state index contributed by atoms with van der Waals surface area (Å²) in [6.45, 7) is 6.56. The number of hydrogen-bond acceptors (Lipinski definition) is 2. The van der Waals surface area contributed by atoms with Gasteiger partial charge < -0.3 is 0 Å². The van der Waals surface area contributed by atoms with Crippen LogP contribution in [-0.4, -0.2) is 36.4 Å². The Balaban J connectivity index is 2.73. The van der Waals surface area contributed by atoms with Crippen molar-refractivity contribution >= 4 is 21.6 Å². The summed E-state index contributed by atoms with van der Waals surface area (Å²) in [5, 5.41) is -0.213. The Morgan fingerprint density at radius 3 is 2.43 bits per heavy atom. The molecule has 0 saturated carbocycles. The van der Waals surface area contributed by atoms with Gasteiger partial charge in [-0.2, -0.15) is 0 Å². The summed E-state index contributed by atoms with van der Waals surface area (Å²) in [4.78, 5) is 0. The lowest BCUT2D eigenvalue weighted by atomic mass is 10.0. The molecule has 1 fully saturated rings. The standard InChI is InChI=1S/C9H18ClNO2S/c1-7(2)14(12,13)11-5-4-9(10)8(3)6-11/h7-9H,4-6H2,1-3H3. The van der Waals surface area contributed by atoms with Crippen LogP contribution >= 0.6 is 11.6 Å². The number of piperidine rings is 1. The zero-order valence-electron chi connectivity index (χ0n) is 8.90. The van der Waals surface area contributed by atoms with Crippen LogP contribution in [0.3, 0.4) is 0 Å². The number of nitrogens with zero attached hydrogens (tertiary/aromatic N) is 1. The third-order valence-electron chi connectivity index (χ3n) is 2.72. The fourth-order valence-corrected chi connectivity index (χ4v) is 3.18. The Kier molecular flexibility index (Phi) is 3.83. The molecule has 0 spiro atoms. The lowest BCUT2D eigenvalue weighted by Crippen LogP contribution is -2.45. The summed E-state index contributed by atoms with van der Waals surface area (Å²) in [7, 11) is -3.08. The summed E-state index contributed by atoms with van der Waals surface area (Å²) < 4.78 is 25.2. The number of hydrogen-bond donors (Lipinski definition) is 0. The fourth-order valence-electron chi connectivity index (χ4n) is 1.61. The molecule has 0 aromatic carbocycles. The van der Waals surface area contributed by atoms with Gasteiger partial charge in [0.25, 0.3) is 0 Å². The van der Waals surface area contributed by atoms with Crippen LogP contribution in [0.1, 0.15) is 27.2 Å². The van der Waals surface area contributed by atoms with E-state index in [1.54, 1.807) is 18.2 Å². The smallest absolute Gasteiger partial charge is 0.212 e. The lowest BCUT2D eigenvalue weighted by molar-refractivity contribution is 0.284. The maximum absolute atomic E-state index is 11.8. The van der Waals surface area contributed by atoms with Crippen molar-refractivity contribution in [3.05, 3.63) is 0 Å². The van der Waals surface area contributed by atoms with Gasteiger partial charge in [0.05, 0.1) is 5.25 Å². The van der Waals surface area contributed by atoms with Crippen LogP contribution in [0.4, 0.5) is 0 Å². The average molecular weight is 240 g/mol. The largest absolute Gasteiger partial charge is 0.216 e. The van der Waals surface area contributed by atoms with Crippen LogP contribution in [0, 0.1) is 5.92 Å². The molecule has 1 heterocycles. The second kappa shape index (κ2) is 4.37. The first kappa shape index (κ1) is 12.3. The van der Waals surface area contributed by atoms with Crippen LogP contribution in [0.5, 0.6) is 0 Å². The van der Waals surface area contributed by atoms with E-state index in [4.69, 9.17) is 11.6 Å². The highest BCUT2D eigenvalue weighted by Crippen LogP contribution is 2.24. The Morgan fingerprint density at radius 2 is 2.00 bits per heavy atom. The predicted octanol–water partition coefficient (Wildman–Crippen LogP) is 1.67. The summed E-state index contributed by atoms with van der Waals surface area (Å²) in [5.41, 5.74) is 0. The molecular formula is C9H18ClNO2S. The van der Waals surface area contributed by atoms with Crippen molar-refractivity contribution in [3.63, 3.8) is 0 Å². The number of rotatable bonds is 2. The van der Waals surface area contributed by atoms with Gasteiger partial charge in [-0.15, -0.1) is 11.6 Å². The van der Waals surface area contributed by atoms with Crippen LogP contribution in [0.25, 0.3) is 0 Å². The SMILES string of the molecule is CC1CN(S(=O)(=O)C(C)C)CCC1Cl. The van der Waals surface area contributed by atoms with Gasteiger partial charge >= 0.3 is 0 Å². The molecule has 1 aliphatic rings. The average Bonchev–Trinajstić information content (AvgIpc) is 2.09. The Morgan fingerprint density at radius 1 is 1.43 bits per heavy atom. The fraction of sp³-hybridized carbons (Fsp3) is 1.00. The molecule has 0 aromatic rings. The van der Waals surface area contributed by atoms with Crippen molar-refractivity contribution in [1.82, 2.24) is 4.31 Å². The molecule has 0 amide bonds. The van der Waals surface area contributed by atoms with Crippen LogP contribution in [0.15, 0.2) is 0 Å². The molecule has 0 aliphatic carbocycles. The van der Waals surface area contributed by atoms with E-state index in [-0.39, 0.29) is 16.5 Å². The highest BCUT2D eigenvalue weighted by molar-refractivity contribution is 7.89. The summed E-state index contributed by atoms with van der Waals surface area (Å²) >= 11 is 6.04. The first-order valence-electron chi connectivity index (χ1n) is 4.98. The lowest BCUT2D eigenvalue weighted by Gasteiger charge is -2.34. The minimum absolute atomic E-state index is 0.119. The molecule has 84 valence electrons. The Labute approximate surface area is 91.5 Å². The van der Waals surface area contributed by atoms with Crippen molar-refractivity contribution in [2.45, 2.75) is 37.8 Å². The molecule has 2 atom stereocenters. The highest BCUT2D eigenvalue weighted by atomic mass is 35.5. The van der Waals surface area contributed by atoms with Crippen molar-refractivity contribution in [1.29, 1.82) is 0 Å². The molecule has 0 aromatic heterocycles. The van der Waals surface area contributed by atoms with E-state index < -0.39 is 10.0 Å². The zero-order valence-corrected chi connectivity index (χ0v) is 10.5. The molecule has 1 aliphatic heterocycles. The van der Waals surface area contributed by atoms with Gasteiger partial charge in [0.1, 0.15) is 0 Å². The summed E-state index contributed by atoms with van der Waals surface area (Å²) in [6.07, 6.45) is 0.759. The van der Waals surface area contributed by atoms with Gasteiger partial charge in [0, 0.05) is 18.5 Å². The topological polar surface area (TPSA) is 37.4 Å². The molecule has 1 saturated heterocycles. The highest BCUT2D eigenvalue weighted by Gasteiger charge is 2.32. The maximum atomic E-state index is 11.8. The monoisotopic (exact) mass is 239 g/mol. The quantitative estimate of drug-likeness (QED) is 0.688. The molecular weight excluding hydrogens is 222 g/mol. The second-order valence-corrected chi connectivity index (χ2v) is 7.28. The van der Waals surface area contributed by atoms with E-state index in [0.29, 0.717) is 13.1 Å². The van der Waals surface area contributed by atoms with Crippen LogP contribution in [0.2, 0.25) is 0 Å². The normalized spacial score (nSPS) is 30.9. The van der Waals surface area contributed by atoms with E-state index in [1.807, 2.05) is 6.92 Å². The van der Waals surface area contributed by atoms with Crippen molar-refractivity contribution in [2.75, 3.05) is 13.1 Å². The van der Waals surface area contributed by atoms with Crippen molar-refractivity contribution in [3.8, 4) is 0 Å². The minimum atomic E-state index is -3.08. The minimum Gasteiger partial charge on any atom is -0.212 e. The number of halogens is 1. The Bertz CT molecular complexity index is 289. The summed E-state index contributed by atoms with van der Waals surface area (Å²) in [6, 6.07) is 0.